The maximum absolute atomic E-state index is 13.1. The van der Waals surface area contributed by atoms with Crippen molar-refractivity contribution in [2.24, 2.45) is 0 Å². The van der Waals surface area contributed by atoms with Crippen LogP contribution in [-0.4, -0.2) is 47.8 Å². The van der Waals surface area contributed by atoms with Gasteiger partial charge < -0.3 is 14.4 Å². The summed E-state index contributed by atoms with van der Waals surface area (Å²) in [4.78, 5) is 18.7. The molecule has 4 rings (SSSR count). The molecule has 2 aromatic carbocycles. The number of nitrogens with zero attached hydrogens (tertiary/aromatic N) is 2. The van der Waals surface area contributed by atoms with Gasteiger partial charge in [-0.15, -0.1) is 0 Å². The molecule has 1 saturated heterocycles. The summed E-state index contributed by atoms with van der Waals surface area (Å²) in [6, 6.07) is 14.0. The molecule has 29 heavy (non-hydrogen) atoms. The van der Waals surface area contributed by atoms with Crippen molar-refractivity contribution in [1.29, 1.82) is 0 Å². The summed E-state index contributed by atoms with van der Waals surface area (Å²) in [5.41, 5.74) is 0.892. The smallest absolute Gasteiger partial charge is 0.233 e. The number of carbonyl (C=O) groups excluding carboxylic acids is 1. The SMILES string of the molecule is O=C(CSc1nccc2c(OCc3ccc(F)cc3)cccc12)N1CCOCC1. The quantitative estimate of drug-likeness (QED) is 0.575. The molecule has 1 aliphatic rings. The first kappa shape index (κ1) is 19.7. The number of benzene rings is 2. The summed E-state index contributed by atoms with van der Waals surface area (Å²) < 4.78 is 24.3. The highest BCUT2D eigenvalue weighted by molar-refractivity contribution is 8.00. The molecule has 150 valence electrons. The molecule has 3 aromatic rings. The molecule has 0 radical (unpaired) electrons. The molecule has 2 heterocycles. The van der Waals surface area contributed by atoms with Gasteiger partial charge in [0, 0.05) is 30.1 Å². The molecule has 0 saturated carbocycles. The van der Waals surface area contributed by atoms with Gasteiger partial charge in [0.25, 0.3) is 0 Å². The van der Waals surface area contributed by atoms with E-state index in [-0.39, 0.29) is 11.7 Å². The van der Waals surface area contributed by atoms with Crippen molar-refractivity contribution < 1.29 is 18.7 Å². The lowest BCUT2D eigenvalue weighted by molar-refractivity contribution is -0.132. The number of ether oxygens (including phenoxy) is 2. The molecular formula is C22H21FN2O3S. The Kier molecular flexibility index (Phi) is 6.27. The number of thioether (sulfide) groups is 1. The van der Waals surface area contributed by atoms with Crippen molar-refractivity contribution in [3.8, 4) is 5.75 Å². The molecule has 0 bridgehead atoms. The number of carbonyl (C=O) groups is 1. The van der Waals surface area contributed by atoms with E-state index >= 15 is 0 Å². The molecular weight excluding hydrogens is 391 g/mol. The van der Waals surface area contributed by atoms with E-state index in [4.69, 9.17) is 9.47 Å². The zero-order chi connectivity index (χ0) is 20.1. The van der Waals surface area contributed by atoms with E-state index in [0.29, 0.717) is 38.7 Å². The lowest BCUT2D eigenvalue weighted by atomic mass is 10.1. The van der Waals surface area contributed by atoms with Crippen LogP contribution in [0.1, 0.15) is 5.56 Å². The highest BCUT2D eigenvalue weighted by atomic mass is 32.2. The topological polar surface area (TPSA) is 51.7 Å². The Hall–Kier alpha value is -2.64. The molecule has 1 aromatic heterocycles. The van der Waals surface area contributed by atoms with Crippen LogP contribution in [0, 0.1) is 5.82 Å². The standard InChI is InChI=1S/C22H21FN2O3S/c23-17-6-4-16(5-7-17)14-28-20-3-1-2-19-18(20)8-9-24-22(19)29-15-21(26)25-10-12-27-13-11-25/h1-9H,10-15H2. The fourth-order valence-electron chi connectivity index (χ4n) is 3.17. The number of morpholine rings is 1. The number of halogens is 1. The van der Waals surface area contributed by atoms with Gasteiger partial charge in [0.1, 0.15) is 23.2 Å². The van der Waals surface area contributed by atoms with Gasteiger partial charge in [-0.2, -0.15) is 0 Å². The van der Waals surface area contributed by atoms with E-state index < -0.39 is 0 Å². The number of aromatic nitrogens is 1. The van der Waals surface area contributed by atoms with Crippen LogP contribution >= 0.6 is 11.8 Å². The minimum absolute atomic E-state index is 0.0980. The third-order valence-electron chi connectivity index (χ3n) is 4.73. The summed E-state index contributed by atoms with van der Waals surface area (Å²) in [6.07, 6.45) is 1.73. The minimum atomic E-state index is -0.265. The Labute approximate surface area is 172 Å². The minimum Gasteiger partial charge on any atom is -0.488 e. The highest BCUT2D eigenvalue weighted by Crippen LogP contribution is 2.32. The Bertz CT molecular complexity index is 991. The van der Waals surface area contributed by atoms with Crippen LogP contribution in [0.4, 0.5) is 4.39 Å². The van der Waals surface area contributed by atoms with Crippen molar-refractivity contribution in [3.63, 3.8) is 0 Å². The molecule has 0 atom stereocenters. The Balaban J connectivity index is 1.47. The Morgan fingerprint density at radius 3 is 2.69 bits per heavy atom. The Morgan fingerprint density at radius 2 is 1.90 bits per heavy atom. The van der Waals surface area contributed by atoms with Crippen LogP contribution in [0.25, 0.3) is 10.8 Å². The van der Waals surface area contributed by atoms with Crippen LogP contribution in [0.3, 0.4) is 0 Å². The summed E-state index contributed by atoms with van der Waals surface area (Å²) in [7, 11) is 0. The van der Waals surface area contributed by atoms with E-state index in [1.54, 1.807) is 18.3 Å². The van der Waals surface area contributed by atoms with Crippen molar-refractivity contribution >= 4 is 28.4 Å². The zero-order valence-electron chi connectivity index (χ0n) is 15.8. The molecule has 0 spiro atoms. The van der Waals surface area contributed by atoms with Crippen molar-refractivity contribution in [1.82, 2.24) is 9.88 Å². The molecule has 0 unspecified atom stereocenters. The first-order chi connectivity index (χ1) is 14.2. The predicted octanol–water partition coefficient (Wildman–Crippen LogP) is 3.90. The lowest BCUT2D eigenvalue weighted by Gasteiger charge is -2.26. The van der Waals surface area contributed by atoms with E-state index in [1.165, 1.54) is 23.9 Å². The first-order valence-corrected chi connectivity index (χ1v) is 10.4. The Morgan fingerprint density at radius 1 is 1.10 bits per heavy atom. The van der Waals surface area contributed by atoms with Gasteiger partial charge in [-0.25, -0.2) is 9.37 Å². The van der Waals surface area contributed by atoms with Crippen molar-refractivity contribution in [2.45, 2.75) is 11.6 Å². The first-order valence-electron chi connectivity index (χ1n) is 9.44. The summed E-state index contributed by atoms with van der Waals surface area (Å²) in [5, 5.41) is 2.69. The second-order valence-electron chi connectivity index (χ2n) is 6.66. The van der Waals surface area contributed by atoms with E-state index in [2.05, 4.69) is 4.98 Å². The third-order valence-corrected chi connectivity index (χ3v) is 5.72. The van der Waals surface area contributed by atoms with Gasteiger partial charge in [-0.3, -0.25) is 4.79 Å². The maximum atomic E-state index is 13.1. The molecule has 7 heteroatoms. The fourth-order valence-corrected chi connectivity index (χ4v) is 4.08. The summed E-state index contributed by atoms with van der Waals surface area (Å²) in [5.74, 6) is 0.905. The van der Waals surface area contributed by atoms with Crippen LogP contribution in [-0.2, 0) is 16.1 Å². The van der Waals surface area contributed by atoms with E-state index in [9.17, 15) is 9.18 Å². The van der Waals surface area contributed by atoms with Crippen molar-refractivity contribution in [2.75, 3.05) is 32.1 Å². The largest absolute Gasteiger partial charge is 0.488 e. The molecule has 1 amide bonds. The van der Waals surface area contributed by atoms with Gasteiger partial charge in [-0.05, 0) is 29.8 Å². The van der Waals surface area contributed by atoms with Crippen LogP contribution in [0.2, 0.25) is 0 Å². The summed E-state index contributed by atoms with van der Waals surface area (Å²) >= 11 is 1.44. The third kappa shape index (κ3) is 4.86. The van der Waals surface area contributed by atoms with Crippen molar-refractivity contribution in [3.05, 3.63) is 66.1 Å². The lowest BCUT2D eigenvalue weighted by Crippen LogP contribution is -2.41. The van der Waals surface area contributed by atoms with E-state index in [1.807, 2.05) is 29.2 Å². The van der Waals surface area contributed by atoms with Crippen LogP contribution < -0.4 is 4.74 Å². The average molecular weight is 412 g/mol. The molecule has 0 N–H and O–H groups in total. The zero-order valence-corrected chi connectivity index (χ0v) is 16.7. The fraction of sp³-hybridized carbons (Fsp3) is 0.273. The maximum Gasteiger partial charge on any atom is 0.233 e. The molecule has 1 aliphatic heterocycles. The number of pyridine rings is 1. The number of rotatable bonds is 6. The van der Waals surface area contributed by atoms with Gasteiger partial charge in [0.05, 0.1) is 19.0 Å². The summed E-state index contributed by atoms with van der Waals surface area (Å²) in [6.45, 7) is 2.82. The number of hydrogen-bond donors (Lipinski definition) is 0. The van der Waals surface area contributed by atoms with Crippen LogP contribution in [0.15, 0.2) is 59.8 Å². The van der Waals surface area contributed by atoms with Crippen LogP contribution in [0.5, 0.6) is 5.75 Å². The molecule has 1 fully saturated rings. The predicted molar refractivity (Wildman–Crippen MR) is 111 cm³/mol. The average Bonchev–Trinajstić information content (AvgIpc) is 2.77. The molecule has 5 nitrogen and oxygen atoms in total. The van der Waals surface area contributed by atoms with Gasteiger partial charge in [-0.1, -0.05) is 36.0 Å². The number of hydrogen-bond acceptors (Lipinski definition) is 5. The monoisotopic (exact) mass is 412 g/mol. The second-order valence-corrected chi connectivity index (χ2v) is 7.63. The second kappa shape index (κ2) is 9.24. The van der Waals surface area contributed by atoms with Gasteiger partial charge >= 0.3 is 0 Å². The number of fused-ring (bicyclic) bond motifs is 1. The van der Waals surface area contributed by atoms with Gasteiger partial charge in [0.2, 0.25) is 5.91 Å². The highest BCUT2D eigenvalue weighted by Gasteiger charge is 2.18. The van der Waals surface area contributed by atoms with Gasteiger partial charge in [0.15, 0.2) is 0 Å². The normalized spacial score (nSPS) is 14.2. The van der Waals surface area contributed by atoms with E-state index in [0.717, 1.165) is 27.1 Å². The number of amides is 1. The molecule has 0 aliphatic carbocycles.